The minimum Gasteiger partial charge on any atom is -0.296 e. The Morgan fingerprint density at radius 1 is 1.00 bits per heavy atom. The molecule has 1 heterocycles. The third-order valence-corrected chi connectivity index (χ3v) is 3.96. The highest BCUT2D eigenvalue weighted by atomic mass is 35.5. The van der Waals surface area contributed by atoms with Gasteiger partial charge in [0.25, 0.3) is 0 Å². The highest BCUT2D eigenvalue weighted by Crippen LogP contribution is 2.33. The van der Waals surface area contributed by atoms with Crippen LogP contribution in [0.3, 0.4) is 0 Å². The number of hydrogen-bond donors (Lipinski definition) is 0. The molecule has 104 valence electrons. The van der Waals surface area contributed by atoms with Gasteiger partial charge in [-0.25, -0.2) is 4.98 Å². The predicted octanol–water partition coefficient (Wildman–Crippen LogP) is 5.41. The maximum atomic E-state index is 6.30. The van der Waals surface area contributed by atoms with Gasteiger partial charge < -0.3 is 0 Å². The first-order valence-electron chi connectivity index (χ1n) is 6.46. The lowest BCUT2D eigenvalue weighted by Gasteiger charge is -2.11. The van der Waals surface area contributed by atoms with Crippen LogP contribution in [0.5, 0.6) is 0 Å². The van der Waals surface area contributed by atoms with E-state index in [-0.39, 0.29) is 0 Å². The van der Waals surface area contributed by atoms with Gasteiger partial charge in [0.2, 0.25) is 0 Å². The van der Waals surface area contributed by atoms with E-state index in [1.54, 1.807) is 0 Å². The number of halogens is 2. The predicted molar refractivity (Wildman–Crippen MR) is 90.5 cm³/mol. The van der Waals surface area contributed by atoms with Gasteiger partial charge in [-0.1, -0.05) is 47.5 Å². The monoisotopic (exact) mass is 314 g/mol. The van der Waals surface area contributed by atoms with Gasteiger partial charge in [0.1, 0.15) is 0 Å². The molecule has 0 amide bonds. The second-order valence-corrected chi connectivity index (χ2v) is 5.48. The van der Waals surface area contributed by atoms with Crippen molar-refractivity contribution in [3.63, 3.8) is 0 Å². The molecule has 3 rings (SSSR count). The van der Waals surface area contributed by atoms with E-state index in [2.05, 4.69) is 11.7 Å². The van der Waals surface area contributed by atoms with Crippen molar-refractivity contribution < 1.29 is 0 Å². The van der Waals surface area contributed by atoms with E-state index < -0.39 is 0 Å². The van der Waals surface area contributed by atoms with Crippen molar-refractivity contribution in [2.75, 3.05) is 0 Å². The minimum atomic E-state index is 0.467. The molecule has 3 aromatic rings. The minimum absolute atomic E-state index is 0.467. The summed E-state index contributed by atoms with van der Waals surface area (Å²) in [5.74, 6) is 0. The fourth-order valence-electron chi connectivity index (χ4n) is 2.33. The normalized spacial score (nSPS) is 10.8. The number of hydrogen-bond acceptors (Lipinski definition) is 2. The summed E-state index contributed by atoms with van der Waals surface area (Å²) in [5.41, 5.74) is 3.51. The molecule has 0 aliphatic heterocycles. The molecule has 21 heavy (non-hydrogen) atoms. The van der Waals surface area contributed by atoms with Crippen molar-refractivity contribution in [3.8, 4) is 11.3 Å². The number of benzene rings is 2. The van der Waals surface area contributed by atoms with E-state index in [1.165, 1.54) is 0 Å². The first kappa shape index (κ1) is 14.1. The molecular weight excluding hydrogens is 303 g/mol. The summed E-state index contributed by atoms with van der Waals surface area (Å²) >= 11 is 12.5. The Bertz CT molecular complexity index is 828. The molecule has 0 saturated carbocycles. The molecule has 0 N–H and O–H groups in total. The lowest BCUT2D eigenvalue weighted by Crippen LogP contribution is -1.95. The van der Waals surface area contributed by atoms with Crippen LogP contribution in [-0.2, 0) is 6.54 Å². The molecular formula is C17H12Cl2N2. The topological polar surface area (TPSA) is 25.2 Å². The average Bonchev–Trinajstić information content (AvgIpc) is 2.49. The Kier molecular flexibility index (Phi) is 3.91. The molecule has 0 unspecified atom stereocenters. The van der Waals surface area contributed by atoms with E-state index in [9.17, 15) is 0 Å². The fraction of sp³-hybridized carbons (Fsp3) is 0.0588. The maximum absolute atomic E-state index is 6.30. The van der Waals surface area contributed by atoms with Gasteiger partial charge in [-0.05, 0) is 31.0 Å². The molecule has 1 aromatic heterocycles. The van der Waals surface area contributed by atoms with E-state index >= 15 is 0 Å². The standard InChI is InChI=1S/C17H12Cl2N2/c1-20-10-11-9-13-15(19)7-4-8-16(13)21-17(11)12-5-2-3-6-14(12)18/h2-9H,1,10H2. The van der Waals surface area contributed by atoms with Crippen LogP contribution < -0.4 is 0 Å². The first-order valence-corrected chi connectivity index (χ1v) is 7.22. The Balaban J connectivity index is 2.33. The van der Waals surface area contributed by atoms with Crippen LogP contribution in [0.25, 0.3) is 22.2 Å². The van der Waals surface area contributed by atoms with Crippen molar-refractivity contribution >= 4 is 40.8 Å². The molecule has 0 atom stereocenters. The summed E-state index contributed by atoms with van der Waals surface area (Å²) in [5, 5.41) is 2.25. The molecule has 0 radical (unpaired) electrons. The molecule has 2 nitrogen and oxygen atoms in total. The zero-order valence-electron chi connectivity index (χ0n) is 11.2. The van der Waals surface area contributed by atoms with Crippen molar-refractivity contribution in [3.05, 3.63) is 64.1 Å². The average molecular weight is 315 g/mol. The second kappa shape index (κ2) is 5.84. The largest absolute Gasteiger partial charge is 0.296 e. The Labute approximate surface area is 133 Å². The molecule has 0 bridgehead atoms. The lowest BCUT2D eigenvalue weighted by molar-refractivity contribution is 1.07. The second-order valence-electron chi connectivity index (χ2n) is 4.66. The molecule has 0 fully saturated rings. The summed E-state index contributed by atoms with van der Waals surface area (Å²) < 4.78 is 0. The van der Waals surface area contributed by atoms with E-state index in [4.69, 9.17) is 28.2 Å². The maximum Gasteiger partial charge on any atom is 0.0775 e. The summed E-state index contributed by atoms with van der Waals surface area (Å²) in [6.07, 6.45) is 0. The fourth-order valence-corrected chi connectivity index (χ4v) is 2.78. The number of aliphatic imine (C=N–C) groups is 1. The van der Waals surface area contributed by atoms with Gasteiger partial charge in [-0.15, -0.1) is 0 Å². The van der Waals surface area contributed by atoms with Crippen LogP contribution in [0.1, 0.15) is 5.56 Å². The zero-order valence-corrected chi connectivity index (χ0v) is 12.7. The Morgan fingerprint density at radius 2 is 1.76 bits per heavy atom. The highest BCUT2D eigenvalue weighted by Gasteiger charge is 2.12. The van der Waals surface area contributed by atoms with Crippen LogP contribution in [-0.4, -0.2) is 11.7 Å². The summed E-state index contributed by atoms with van der Waals surface area (Å²) in [7, 11) is 0. The van der Waals surface area contributed by atoms with Crippen LogP contribution in [0, 0.1) is 0 Å². The van der Waals surface area contributed by atoms with Gasteiger partial charge in [0.15, 0.2) is 0 Å². The van der Waals surface area contributed by atoms with E-state index in [0.717, 1.165) is 27.7 Å². The van der Waals surface area contributed by atoms with E-state index in [0.29, 0.717) is 16.6 Å². The number of fused-ring (bicyclic) bond motifs is 1. The highest BCUT2D eigenvalue weighted by molar-refractivity contribution is 6.35. The number of aromatic nitrogens is 1. The molecule has 0 saturated heterocycles. The summed E-state index contributed by atoms with van der Waals surface area (Å²) in [6, 6.07) is 15.3. The molecule has 4 heteroatoms. The third kappa shape index (κ3) is 2.65. The number of pyridine rings is 1. The van der Waals surface area contributed by atoms with Crippen molar-refractivity contribution in [1.82, 2.24) is 4.98 Å². The quantitative estimate of drug-likeness (QED) is 0.593. The van der Waals surface area contributed by atoms with Crippen molar-refractivity contribution in [1.29, 1.82) is 0 Å². The Morgan fingerprint density at radius 3 is 2.52 bits per heavy atom. The van der Waals surface area contributed by atoms with Crippen molar-refractivity contribution in [2.45, 2.75) is 6.54 Å². The van der Waals surface area contributed by atoms with Crippen LogP contribution in [0.4, 0.5) is 0 Å². The van der Waals surface area contributed by atoms with Gasteiger partial charge >= 0.3 is 0 Å². The van der Waals surface area contributed by atoms with Crippen molar-refractivity contribution in [2.24, 2.45) is 4.99 Å². The molecule has 0 aliphatic rings. The summed E-state index contributed by atoms with van der Waals surface area (Å²) in [4.78, 5) is 8.71. The first-order chi connectivity index (χ1) is 10.2. The third-order valence-electron chi connectivity index (χ3n) is 3.30. The van der Waals surface area contributed by atoms with Gasteiger partial charge in [0.05, 0.1) is 17.8 Å². The zero-order chi connectivity index (χ0) is 14.8. The lowest BCUT2D eigenvalue weighted by atomic mass is 10.0. The van der Waals surface area contributed by atoms with Gasteiger partial charge in [-0.2, -0.15) is 0 Å². The molecule has 0 spiro atoms. The van der Waals surface area contributed by atoms with Gasteiger partial charge in [0, 0.05) is 26.6 Å². The van der Waals surface area contributed by atoms with Crippen LogP contribution >= 0.6 is 23.2 Å². The smallest absolute Gasteiger partial charge is 0.0775 e. The SMILES string of the molecule is C=NCc1cc2c(Cl)cccc2nc1-c1ccccc1Cl. The van der Waals surface area contributed by atoms with Crippen LogP contribution in [0.15, 0.2) is 53.5 Å². The van der Waals surface area contributed by atoms with Gasteiger partial charge in [-0.3, -0.25) is 4.99 Å². The van der Waals surface area contributed by atoms with Crippen LogP contribution in [0.2, 0.25) is 10.0 Å². The Hall–Kier alpha value is -1.90. The molecule has 0 aliphatic carbocycles. The number of rotatable bonds is 3. The summed E-state index contributed by atoms with van der Waals surface area (Å²) in [6.45, 7) is 4.04. The van der Waals surface area contributed by atoms with E-state index in [1.807, 2.05) is 48.5 Å². The molecule has 2 aromatic carbocycles. The number of nitrogens with zero attached hydrogens (tertiary/aromatic N) is 2.